The quantitative estimate of drug-likeness (QED) is 0.887. The number of aryl methyl sites for hydroxylation is 1. The molecule has 0 saturated carbocycles. The van der Waals surface area contributed by atoms with Gasteiger partial charge in [-0.3, -0.25) is 4.79 Å². The van der Waals surface area contributed by atoms with Gasteiger partial charge in [-0.05, 0) is 32.9 Å². The third kappa shape index (κ3) is 3.08. The number of rotatable bonds is 5. The zero-order valence-corrected chi connectivity index (χ0v) is 12.7. The van der Waals surface area contributed by atoms with Crippen molar-refractivity contribution in [2.75, 3.05) is 18.9 Å². The van der Waals surface area contributed by atoms with E-state index in [1.54, 1.807) is 0 Å². The number of hydrogen-bond donors (Lipinski definition) is 2. The summed E-state index contributed by atoms with van der Waals surface area (Å²) in [5.41, 5.74) is 7.45. The van der Waals surface area contributed by atoms with Gasteiger partial charge in [0.1, 0.15) is 9.71 Å². The minimum Gasteiger partial charge on any atom is -0.397 e. The molecule has 2 rings (SSSR count). The molecule has 5 nitrogen and oxygen atoms in total. The van der Waals surface area contributed by atoms with Crippen LogP contribution in [0.2, 0.25) is 0 Å². The van der Waals surface area contributed by atoms with Gasteiger partial charge in [0.05, 0.1) is 11.8 Å². The summed E-state index contributed by atoms with van der Waals surface area (Å²) in [5, 5.41) is 3.68. The topological polar surface area (TPSA) is 77.2 Å². The molecular weight excluding hydrogens is 274 g/mol. The molecule has 2 aromatic heterocycles. The summed E-state index contributed by atoms with van der Waals surface area (Å²) in [7, 11) is 0. The third-order valence-corrected chi connectivity index (χ3v) is 4.05. The van der Waals surface area contributed by atoms with Gasteiger partial charge in [-0.25, -0.2) is 4.98 Å². The summed E-state index contributed by atoms with van der Waals surface area (Å²) < 4.78 is 5.38. The van der Waals surface area contributed by atoms with Crippen LogP contribution in [-0.2, 0) is 4.74 Å². The van der Waals surface area contributed by atoms with E-state index in [-0.39, 0.29) is 12.0 Å². The number of ether oxygens (including phenoxy) is 1. The lowest BCUT2D eigenvalue weighted by Gasteiger charge is -2.12. The second kappa shape index (κ2) is 6.19. The van der Waals surface area contributed by atoms with Crippen molar-refractivity contribution in [2.24, 2.45) is 0 Å². The van der Waals surface area contributed by atoms with E-state index in [0.29, 0.717) is 23.7 Å². The number of thiophene rings is 1. The van der Waals surface area contributed by atoms with Gasteiger partial charge in [0.25, 0.3) is 5.91 Å². The molecule has 20 heavy (non-hydrogen) atoms. The van der Waals surface area contributed by atoms with Crippen LogP contribution in [-0.4, -0.2) is 30.1 Å². The molecule has 0 aromatic carbocycles. The van der Waals surface area contributed by atoms with E-state index < -0.39 is 0 Å². The van der Waals surface area contributed by atoms with Gasteiger partial charge in [-0.15, -0.1) is 11.3 Å². The van der Waals surface area contributed by atoms with Gasteiger partial charge >= 0.3 is 0 Å². The molecule has 0 spiro atoms. The number of nitrogens with one attached hydrogen (secondary N) is 1. The van der Waals surface area contributed by atoms with Gasteiger partial charge in [0.15, 0.2) is 0 Å². The molecule has 0 fully saturated rings. The minimum absolute atomic E-state index is 0.0140. The van der Waals surface area contributed by atoms with Gasteiger partial charge in [0, 0.05) is 24.2 Å². The maximum absolute atomic E-state index is 12.2. The summed E-state index contributed by atoms with van der Waals surface area (Å²) in [6.07, 6.45) is -0.0140. The summed E-state index contributed by atoms with van der Waals surface area (Å²) in [6.45, 7) is 6.86. The lowest BCUT2D eigenvalue weighted by Crippen LogP contribution is -2.32. The molecular formula is C14H19N3O2S. The fraction of sp³-hybridized carbons (Fsp3) is 0.429. The van der Waals surface area contributed by atoms with Crippen molar-refractivity contribution in [1.82, 2.24) is 10.3 Å². The minimum atomic E-state index is -0.172. The largest absolute Gasteiger partial charge is 0.397 e. The summed E-state index contributed by atoms with van der Waals surface area (Å²) in [6, 6.07) is 3.80. The molecule has 3 N–H and O–H groups in total. The van der Waals surface area contributed by atoms with Gasteiger partial charge in [-0.1, -0.05) is 0 Å². The summed E-state index contributed by atoms with van der Waals surface area (Å²) >= 11 is 1.32. The second-order valence-electron chi connectivity index (χ2n) is 4.63. The Balaban J connectivity index is 2.16. The Morgan fingerprint density at radius 1 is 1.55 bits per heavy atom. The Morgan fingerprint density at radius 2 is 2.30 bits per heavy atom. The molecule has 1 amide bonds. The average molecular weight is 293 g/mol. The van der Waals surface area contributed by atoms with Crippen LogP contribution < -0.4 is 11.1 Å². The molecule has 0 aliphatic rings. The molecule has 0 aliphatic heterocycles. The molecule has 6 heteroatoms. The van der Waals surface area contributed by atoms with Crippen LogP contribution in [0.1, 0.15) is 29.2 Å². The third-order valence-electron chi connectivity index (χ3n) is 2.94. The average Bonchev–Trinajstić information content (AvgIpc) is 2.73. The number of nitrogens with two attached hydrogens (primary N) is 1. The highest BCUT2D eigenvalue weighted by Gasteiger charge is 2.17. The van der Waals surface area contributed by atoms with E-state index in [4.69, 9.17) is 10.5 Å². The highest BCUT2D eigenvalue weighted by molar-refractivity contribution is 7.21. The fourth-order valence-corrected chi connectivity index (χ4v) is 2.97. The maximum atomic E-state index is 12.2. The number of nitrogen functional groups attached to an aromatic ring is 1. The molecule has 1 unspecified atom stereocenters. The van der Waals surface area contributed by atoms with Gasteiger partial charge in [0.2, 0.25) is 0 Å². The first-order valence-corrected chi connectivity index (χ1v) is 7.40. The van der Waals surface area contributed by atoms with Gasteiger partial charge < -0.3 is 15.8 Å². The second-order valence-corrected chi connectivity index (χ2v) is 5.63. The number of nitrogens with zero attached hydrogens (tertiary/aromatic N) is 1. The van der Waals surface area contributed by atoms with Crippen LogP contribution in [0.3, 0.4) is 0 Å². The number of hydrogen-bond acceptors (Lipinski definition) is 5. The molecule has 108 valence electrons. The number of amides is 1. The maximum Gasteiger partial charge on any atom is 0.263 e. The predicted octanol–water partition coefficient (Wildman–Crippen LogP) is 2.34. The van der Waals surface area contributed by atoms with Crippen LogP contribution in [0, 0.1) is 6.92 Å². The Labute approximate surface area is 122 Å². The van der Waals surface area contributed by atoms with Crippen molar-refractivity contribution in [3.8, 4) is 0 Å². The lowest BCUT2D eigenvalue weighted by molar-refractivity contribution is 0.0697. The van der Waals surface area contributed by atoms with Crippen LogP contribution in [0.25, 0.3) is 10.2 Å². The van der Waals surface area contributed by atoms with E-state index in [0.717, 1.165) is 15.9 Å². The van der Waals surface area contributed by atoms with Crippen LogP contribution >= 0.6 is 11.3 Å². The van der Waals surface area contributed by atoms with E-state index in [1.807, 2.05) is 32.9 Å². The van der Waals surface area contributed by atoms with E-state index in [9.17, 15) is 4.79 Å². The fourth-order valence-electron chi connectivity index (χ4n) is 1.92. The first kappa shape index (κ1) is 14.7. The van der Waals surface area contributed by atoms with E-state index in [2.05, 4.69) is 10.3 Å². The van der Waals surface area contributed by atoms with E-state index in [1.165, 1.54) is 11.3 Å². The standard InChI is InChI=1S/C14H19N3O2S/c1-4-19-9(3)7-16-13(18)12-11(15)10-6-5-8(2)17-14(10)20-12/h5-6,9H,4,7,15H2,1-3H3,(H,16,18). The summed E-state index contributed by atoms with van der Waals surface area (Å²) in [5.74, 6) is -0.172. The zero-order valence-electron chi connectivity index (χ0n) is 11.9. The smallest absolute Gasteiger partial charge is 0.263 e. The van der Waals surface area contributed by atoms with Crippen molar-refractivity contribution < 1.29 is 9.53 Å². The lowest BCUT2D eigenvalue weighted by atomic mass is 10.2. The number of carbonyl (C=O) groups is 1. The SMILES string of the molecule is CCOC(C)CNC(=O)c1sc2nc(C)ccc2c1N. The van der Waals surface area contributed by atoms with Crippen molar-refractivity contribution in [3.05, 3.63) is 22.7 Å². The van der Waals surface area contributed by atoms with Crippen molar-refractivity contribution >= 4 is 33.1 Å². The normalized spacial score (nSPS) is 12.6. The molecule has 2 aromatic rings. The first-order chi connectivity index (χ1) is 9.52. The Hall–Kier alpha value is -1.66. The Bertz CT molecular complexity index is 624. The molecule has 0 aliphatic carbocycles. The van der Waals surface area contributed by atoms with Crippen molar-refractivity contribution in [3.63, 3.8) is 0 Å². The highest BCUT2D eigenvalue weighted by atomic mass is 32.1. The Kier molecular flexibility index (Phi) is 4.57. The number of carbonyl (C=O) groups excluding carboxylic acids is 1. The number of anilines is 1. The number of aromatic nitrogens is 1. The molecule has 2 heterocycles. The monoisotopic (exact) mass is 293 g/mol. The van der Waals surface area contributed by atoms with Crippen LogP contribution in [0.5, 0.6) is 0 Å². The predicted molar refractivity (Wildman–Crippen MR) is 82.2 cm³/mol. The molecule has 0 bridgehead atoms. The van der Waals surface area contributed by atoms with Crippen LogP contribution in [0.4, 0.5) is 5.69 Å². The highest BCUT2D eigenvalue weighted by Crippen LogP contribution is 2.32. The van der Waals surface area contributed by atoms with E-state index >= 15 is 0 Å². The first-order valence-electron chi connectivity index (χ1n) is 6.58. The molecule has 1 atom stereocenters. The van der Waals surface area contributed by atoms with Crippen LogP contribution in [0.15, 0.2) is 12.1 Å². The molecule has 0 saturated heterocycles. The zero-order chi connectivity index (χ0) is 14.7. The summed E-state index contributed by atoms with van der Waals surface area (Å²) in [4.78, 5) is 17.9. The Morgan fingerprint density at radius 3 is 3.00 bits per heavy atom. The number of fused-ring (bicyclic) bond motifs is 1. The molecule has 0 radical (unpaired) electrons. The van der Waals surface area contributed by atoms with Crippen molar-refractivity contribution in [2.45, 2.75) is 26.9 Å². The van der Waals surface area contributed by atoms with Crippen molar-refractivity contribution in [1.29, 1.82) is 0 Å². The number of pyridine rings is 1. The van der Waals surface area contributed by atoms with Gasteiger partial charge in [-0.2, -0.15) is 0 Å².